The Morgan fingerprint density at radius 2 is 2.26 bits per heavy atom. The van der Waals surface area contributed by atoms with E-state index < -0.39 is 0 Å². The molecule has 1 saturated heterocycles. The molecule has 1 N–H and O–H groups in total. The van der Waals surface area contributed by atoms with Gasteiger partial charge < -0.3 is 19.7 Å². The van der Waals surface area contributed by atoms with Gasteiger partial charge in [-0.05, 0) is 6.07 Å². The molecule has 0 saturated carbocycles. The zero-order valence-electron chi connectivity index (χ0n) is 13.3. The Bertz CT molecular complexity index is 590. The summed E-state index contributed by atoms with van der Waals surface area (Å²) in [5.74, 6) is 0.511. The fourth-order valence-electron chi connectivity index (χ4n) is 3.15. The van der Waals surface area contributed by atoms with Crippen LogP contribution >= 0.6 is 0 Å². The summed E-state index contributed by atoms with van der Waals surface area (Å²) in [6, 6.07) is 7.71. The second-order valence-electron chi connectivity index (χ2n) is 5.97. The molecule has 1 aromatic rings. The molecule has 2 aliphatic heterocycles. The lowest BCUT2D eigenvalue weighted by Gasteiger charge is -2.27. The van der Waals surface area contributed by atoms with Crippen molar-refractivity contribution in [1.82, 2.24) is 10.2 Å². The Morgan fingerprint density at radius 1 is 1.43 bits per heavy atom. The second kappa shape index (κ2) is 7.00. The van der Waals surface area contributed by atoms with E-state index in [0.717, 1.165) is 17.7 Å². The van der Waals surface area contributed by atoms with Crippen molar-refractivity contribution in [3.8, 4) is 5.75 Å². The van der Waals surface area contributed by atoms with E-state index in [1.54, 1.807) is 12.0 Å². The van der Waals surface area contributed by atoms with Crippen LogP contribution in [0.2, 0.25) is 0 Å². The van der Waals surface area contributed by atoms with Crippen LogP contribution in [0.25, 0.3) is 0 Å². The Labute approximate surface area is 135 Å². The van der Waals surface area contributed by atoms with Crippen molar-refractivity contribution in [2.45, 2.75) is 18.9 Å². The van der Waals surface area contributed by atoms with Crippen LogP contribution in [0.15, 0.2) is 24.3 Å². The number of carbonyl (C=O) groups is 2. The maximum Gasteiger partial charge on any atom is 0.225 e. The van der Waals surface area contributed by atoms with Crippen molar-refractivity contribution in [1.29, 1.82) is 0 Å². The zero-order valence-corrected chi connectivity index (χ0v) is 13.3. The number of fused-ring (bicyclic) bond motifs is 1. The first-order valence-electron chi connectivity index (χ1n) is 7.98. The van der Waals surface area contributed by atoms with Gasteiger partial charge in [-0.1, -0.05) is 18.2 Å². The molecule has 0 bridgehead atoms. The summed E-state index contributed by atoms with van der Waals surface area (Å²) in [6.07, 6.45) is 1.03. The number of amides is 2. The van der Waals surface area contributed by atoms with Gasteiger partial charge in [0.05, 0.1) is 25.2 Å². The largest absolute Gasteiger partial charge is 0.493 e. The number of benzene rings is 1. The Morgan fingerprint density at radius 3 is 3.09 bits per heavy atom. The van der Waals surface area contributed by atoms with E-state index in [9.17, 15) is 9.59 Å². The highest BCUT2D eigenvalue weighted by atomic mass is 16.5. The van der Waals surface area contributed by atoms with Crippen LogP contribution in [0, 0.1) is 5.92 Å². The van der Waals surface area contributed by atoms with Crippen molar-refractivity contribution >= 4 is 11.8 Å². The summed E-state index contributed by atoms with van der Waals surface area (Å²) in [5, 5.41) is 3.09. The van der Waals surface area contributed by atoms with Crippen LogP contribution in [-0.2, 0) is 14.3 Å². The minimum Gasteiger partial charge on any atom is -0.493 e. The van der Waals surface area contributed by atoms with Gasteiger partial charge in [0.25, 0.3) is 0 Å². The molecular weight excluding hydrogens is 296 g/mol. The number of nitrogens with zero attached hydrogens (tertiary/aromatic N) is 1. The van der Waals surface area contributed by atoms with E-state index in [2.05, 4.69) is 5.32 Å². The van der Waals surface area contributed by atoms with Crippen molar-refractivity contribution in [2.75, 3.05) is 33.4 Å². The van der Waals surface area contributed by atoms with E-state index in [4.69, 9.17) is 9.47 Å². The van der Waals surface area contributed by atoms with Crippen LogP contribution in [0.1, 0.15) is 24.4 Å². The van der Waals surface area contributed by atoms with Crippen molar-refractivity contribution < 1.29 is 19.1 Å². The lowest BCUT2D eigenvalue weighted by molar-refractivity contribution is -0.129. The first kappa shape index (κ1) is 15.8. The van der Waals surface area contributed by atoms with E-state index in [1.807, 2.05) is 24.3 Å². The highest BCUT2D eigenvalue weighted by molar-refractivity contribution is 5.89. The van der Waals surface area contributed by atoms with E-state index >= 15 is 0 Å². The molecule has 2 heterocycles. The van der Waals surface area contributed by atoms with Gasteiger partial charge in [0.15, 0.2) is 0 Å². The quantitative estimate of drug-likeness (QED) is 0.883. The van der Waals surface area contributed by atoms with Gasteiger partial charge in [-0.3, -0.25) is 9.59 Å². The molecule has 6 nitrogen and oxygen atoms in total. The minimum atomic E-state index is -0.283. The lowest BCUT2D eigenvalue weighted by Crippen LogP contribution is -2.37. The van der Waals surface area contributed by atoms with Crippen LogP contribution in [-0.4, -0.2) is 50.1 Å². The Kier molecular flexibility index (Phi) is 4.81. The number of rotatable bonds is 5. The lowest BCUT2D eigenvalue weighted by atomic mass is 9.99. The number of likely N-dealkylation sites (tertiary alicyclic amines) is 1. The third-order valence-electron chi connectivity index (χ3n) is 4.43. The van der Waals surface area contributed by atoms with Gasteiger partial charge in [-0.25, -0.2) is 0 Å². The standard InChI is InChI=1S/C17H22N2O4/c1-22-9-7-19-11-12(10-16(19)20)17(21)18-14-6-8-23-15-5-3-2-4-13(14)15/h2-5,12,14H,6-11H2,1H3,(H,18,21)/t12-,14-/m0/s1. The maximum atomic E-state index is 12.5. The summed E-state index contributed by atoms with van der Waals surface area (Å²) in [4.78, 5) is 26.2. The molecule has 2 amide bonds. The molecule has 3 rings (SSSR count). The summed E-state index contributed by atoms with van der Waals surface area (Å²) in [6.45, 7) is 2.09. The first-order valence-corrected chi connectivity index (χ1v) is 7.98. The van der Waals surface area contributed by atoms with Gasteiger partial charge >= 0.3 is 0 Å². The fraction of sp³-hybridized carbons (Fsp3) is 0.529. The topological polar surface area (TPSA) is 67.9 Å². The molecule has 1 aromatic carbocycles. The molecule has 2 atom stereocenters. The van der Waals surface area contributed by atoms with Gasteiger partial charge in [-0.2, -0.15) is 0 Å². The van der Waals surface area contributed by atoms with Crippen LogP contribution in [0.5, 0.6) is 5.75 Å². The predicted molar refractivity (Wildman–Crippen MR) is 84.0 cm³/mol. The van der Waals surface area contributed by atoms with Crippen LogP contribution in [0.3, 0.4) is 0 Å². The summed E-state index contributed by atoms with van der Waals surface area (Å²) in [7, 11) is 1.60. The number of carbonyl (C=O) groups excluding carboxylic acids is 2. The monoisotopic (exact) mass is 318 g/mol. The number of hydrogen-bond acceptors (Lipinski definition) is 4. The number of hydrogen-bond donors (Lipinski definition) is 1. The molecule has 2 aliphatic rings. The van der Waals surface area contributed by atoms with Gasteiger partial charge in [0.2, 0.25) is 11.8 Å². The molecule has 0 unspecified atom stereocenters. The third-order valence-corrected chi connectivity index (χ3v) is 4.43. The number of nitrogens with one attached hydrogen (secondary N) is 1. The average molecular weight is 318 g/mol. The molecule has 0 spiro atoms. The van der Waals surface area contributed by atoms with Crippen molar-refractivity contribution in [3.05, 3.63) is 29.8 Å². The van der Waals surface area contributed by atoms with Crippen LogP contribution < -0.4 is 10.1 Å². The van der Waals surface area contributed by atoms with Gasteiger partial charge in [-0.15, -0.1) is 0 Å². The van der Waals surface area contributed by atoms with Gasteiger partial charge in [0, 0.05) is 38.6 Å². The summed E-state index contributed by atoms with van der Waals surface area (Å²) in [5.41, 5.74) is 1.01. The maximum absolute atomic E-state index is 12.5. The number of ether oxygens (including phenoxy) is 2. The van der Waals surface area contributed by atoms with Gasteiger partial charge in [0.1, 0.15) is 5.75 Å². The highest BCUT2D eigenvalue weighted by Gasteiger charge is 2.35. The normalized spacial score (nSPS) is 23.3. The first-order chi connectivity index (χ1) is 11.2. The fourth-order valence-corrected chi connectivity index (χ4v) is 3.15. The Balaban J connectivity index is 1.61. The molecule has 0 aliphatic carbocycles. The Hall–Kier alpha value is -2.08. The van der Waals surface area contributed by atoms with E-state index in [-0.39, 0.29) is 30.2 Å². The molecular formula is C17H22N2O4. The third kappa shape index (κ3) is 3.47. The van der Waals surface area contributed by atoms with E-state index in [0.29, 0.717) is 26.3 Å². The highest BCUT2D eigenvalue weighted by Crippen LogP contribution is 2.32. The van der Waals surface area contributed by atoms with E-state index in [1.165, 1.54) is 0 Å². The second-order valence-corrected chi connectivity index (χ2v) is 5.97. The molecule has 0 aromatic heterocycles. The summed E-state index contributed by atoms with van der Waals surface area (Å²) < 4.78 is 10.6. The minimum absolute atomic E-state index is 0.0228. The van der Waals surface area contributed by atoms with Crippen molar-refractivity contribution in [3.63, 3.8) is 0 Å². The predicted octanol–water partition coefficient (Wildman–Crippen LogP) is 1.12. The SMILES string of the molecule is COCCN1C[C@@H](C(=O)N[C@H]2CCOc3ccccc32)CC1=O. The number of methoxy groups -OCH3 is 1. The summed E-state index contributed by atoms with van der Waals surface area (Å²) >= 11 is 0. The smallest absolute Gasteiger partial charge is 0.225 e. The number of para-hydroxylation sites is 1. The zero-order chi connectivity index (χ0) is 16.2. The molecule has 124 valence electrons. The van der Waals surface area contributed by atoms with Crippen LogP contribution in [0.4, 0.5) is 0 Å². The molecule has 23 heavy (non-hydrogen) atoms. The molecule has 6 heteroatoms. The average Bonchev–Trinajstić information content (AvgIpc) is 2.94. The molecule has 1 fully saturated rings. The van der Waals surface area contributed by atoms with Crippen molar-refractivity contribution in [2.24, 2.45) is 5.92 Å². The molecule has 0 radical (unpaired) electrons.